The fourth-order valence-corrected chi connectivity index (χ4v) is 0.518. The van der Waals surface area contributed by atoms with Gasteiger partial charge in [-0.2, -0.15) is 0 Å². The molecule has 0 N–H and O–H groups in total. The summed E-state index contributed by atoms with van der Waals surface area (Å²) in [5, 5.41) is 0. The second-order valence-corrected chi connectivity index (χ2v) is 1.48. The average molecular weight is 213 g/mol. The summed E-state index contributed by atoms with van der Waals surface area (Å²) in [5.41, 5.74) is 0. The van der Waals surface area contributed by atoms with Crippen LogP contribution in [0.1, 0.15) is 20.8 Å². The molecule has 0 aliphatic carbocycles. The zero-order chi connectivity index (χ0) is 6.41. The van der Waals surface area contributed by atoms with Gasteiger partial charge in [0.1, 0.15) is 0 Å². The average Bonchev–Trinajstić information content (AvgIpc) is 1.68. The fourth-order valence-electron chi connectivity index (χ4n) is 0.518. The molecule has 0 aromatic carbocycles. The van der Waals surface area contributed by atoms with Crippen molar-refractivity contribution >= 4 is 23.1 Å². The molecule has 2 nitrogen and oxygen atoms in total. The Morgan fingerprint density at radius 2 is 1.27 bits per heavy atom. The summed E-state index contributed by atoms with van der Waals surface area (Å²) in [7, 11) is 0. The van der Waals surface area contributed by atoms with Crippen molar-refractivity contribution in [2.75, 3.05) is 13.2 Å². The molecule has 0 saturated heterocycles. The first-order valence-electron chi connectivity index (χ1n) is 3.04. The minimum atomic E-state index is -0.0370. The summed E-state index contributed by atoms with van der Waals surface area (Å²) in [6.45, 7) is 7.25. The predicted molar refractivity (Wildman–Crippen MR) is 38.5 cm³/mol. The monoisotopic (exact) mass is 212 g/mol. The zero-order valence-electron chi connectivity index (χ0n) is 7.27. The first-order chi connectivity index (χ1) is 3.81. The first-order valence-corrected chi connectivity index (χ1v) is 3.04. The SMILES string of the molecule is CCOC(C)OCC.[Cl-].[Cl-].[Mg+2]. The summed E-state index contributed by atoms with van der Waals surface area (Å²) in [6.07, 6.45) is -0.0370. The Bertz CT molecular complexity index is 51.8. The molecular weight excluding hydrogens is 199 g/mol. The number of rotatable bonds is 4. The fraction of sp³-hybridized carbons (Fsp3) is 1.00. The zero-order valence-corrected chi connectivity index (χ0v) is 10.2. The normalized spacial score (nSPS) is 7.64. The second kappa shape index (κ2) is 17.4. The van der Waals surface area contributed by atoms with E-state index in [1.54, 1.807) is 0 Å². The largest absolute Gasteiger partial charge is 2.00 e. The number of hydrogen-bond acceptors (Lipinski definition) is 2. The summed E-state index contributed by atoms with van der Waals surface area (Å²) in [6, 6.07) is 0. The van der Waals surface area contributed by atoms with Crippen molar-refractivity contribution in [1.82, 2.24) is 0 Å². The molecule has 0 amide bonds. The summed E-state index contributed by atoms with van der Waals surface area (Å²) in [5.74, 6) is 0. The summed E-state index contributed by atoms with van der Waals surface area (Å²) < 4.78 is 10.1. The van der Waals surface area contributed by atoms with Gasteiger partial charge in [-0.15, -0.1) is 0 Å². The van der Waals surface area contributed by atoms with Crippen LogP contribution in [0.5, 0.6) is 0 Å². The Morgan fingerprint density at radius 3 is 1.45 bits per heavy atom. The molecule has 0 unspecified atom stereocenters. The van der Waals surface area contributed by atoms with Crippen LogP contribution in [-0.2, 0) is 9.47 Å². The molecule has 0 rings (SSSR count). The molecule has 0 atom stereocenters. The smallest absolute Gasteiger partial charge is 1.00 e. The van der Waals surface area contributed by atoms with Gasteiger partial charge in [0.2, 0.25) is 0 Å². The Kier molecular flexibility index (Phi) is 36.0. The number of halogens is 2. The maximum atomic E-state index is 5.06. The van der Waals surface area contributed by atoms with Crippen molar-refractivity contribution in [3.8, 4) is 0 Å². The third-order valence-corrected chi connectivity index (χ3v) is 0.803. The topological polar surface area (TPSA) is 18.5 Å². The molecule has 0 fully saturated rings. The summed E-state index contributed by atoms with van der Waals surface area (Å²) >= 11 is 0. The minimum absolute atomic E-state index is 0. The van der Waals surface area contributed by atoms with Crippen molar-refractivity contribution < 1.29 is 34.3 Å². The van der Waals surface area contributed by atoms with E-state index in [0.717, 1.165) is 13.2 Å². The van der Waals surface area contributed by atoms with Crippen LogP contribution in [0.4, 0.5) is 0 Å². The summed E-state index contributed by atoms with van der Waals surface area (Å²) in [4.78, 5) is 0. The van der Waals surface area contributed by atoms with Gasteiger partial charge in [0.15, 0.2) is 6.29 Å². The minimum Gasteiger partial charge on any atom is -1.00 e. The molecule has 0 spiro atoms. The van der Waals surface area contributed by atoms with E-state index < -0.39 is 0 Å². The van der Waals surface area contributed by atoms with Gasteiger partial charge in [-0.05, 0) is 20.8 Å². The van der Waals surface area contributed by atoms with Crippen LogP contribution in [0.25, 0.3) is 0 Å². The van der Waals surface area contributed by atoms with Crippen LogP contribution in [-0.4, -0.2) is 42.6 Å². The van der Waals surface area contributed by atoms with E-state index in [1.165, 1.54) is 0 Å². The van der Waals surface area contributed by atoms with Crippen LogP contribution in [0.3, 0.4) is 0 Å². The molecule has 0 saturated carbocycles. The van der Waals surface area contributed by atoms with Gasteiger partial charge >= 0.3 is 23.1 Å². The van der Waals surface area contributed by atoms with E-state index in [0.29, 0.717) is 0 Å². The molecule has 0 heterocycles. The van der Waals surface area contributed by atoms with Crippen LogP contribution in [0, 0.1) is 0 Å². The third kappa shape index (κ3) is 18.3. The van der Waals surface area contributed by atoms with Gasteiger partial charge in [0.25, 0.3) is 0 Å². The maximum Gasteiger partial charge on any atom is 2.00 e. The van der Waals surface area contributed by atoms with Crippen LogP contribution in [0.2, 0.25) is 0 Å². The first kappa shape index (κ1) is 22.8. The number of ether oxygens (including phenoxy) is 2. The van der Waals surface area contributed by atoms with E-state index in [9.17, 15) is 0 Å². The molecule has 0 aromatic heterocycles. The van der Waals surface area contributed by atoms with Gasteiger partial charge in [0.05, 0.1) is 0 Å². The van der Waals surface area contributed by atoms with Crippen molar-refractivity contribution in [3.63, 3.8) is 0 Å². The van der Waals surface area contributed by atoms with Crippen molar-refractivity contribution in [3.05, 3.63) is 0 Å². The second-order valence-electron chi connectivity index (χ2n) is 1.48. The van der Waals surface area contributed by atoms with Crippen molar-refractivity contribution in [1.29, 1.82) is 0 Å². The Balaban J connectivity index is -0.0000000817. The van der Waals surface area contributed by atoms with Crippen LogP contribution < -0.4 is 24.8 Å². The molecule has 0 radical (unpaired) electrons. The molecular formula is C6H14Cl2MgO2. The maximum absolute atomic E-state index is 5.06. The van der Waals surface area contributed by atoms with E-state index in [1.807, 2.05) is 20.8 Å². The molecule has 0 bridgehead atoms. The van der Waals surface area contributed by atoms with E-state index in [-0.39, 0.29) is 54.2 Å². The van der Waals surface area contributed by atoms with E-state index >= 15 is 0 Å². The van der Waals surface area contributed by atoms with E-state index in [2.05, 4.69) is 0 Å². The molecule has 5 heteroatoms. The molecule has 0 aliphatic rings. The van der Waals surface area contributed by atoms with Gasteiger partial charge in [-0.25, -0.2) is 0 Å². The van der Waals surface area contributed by atoms with Gasteiger partial charge in [-0.3, -0.25) is 0 Å². The van der Waals surface area contributed by atoms with Gasteiger partial charge in [0, 0.05) is 13.2 Å². The number of hydrogen-bond donors (Lipinski definition) is 0. The van der Waals surface area contributed by atoms with Crippen molar-refractivity contribution in [2.45, 2.75) is 27.1 Å². The Morgan fingerprint density at radius 1 is 1.00 bits per heavy atom. The van der Waals surface area contributed by atoms with Crippen LogP contribution in [0.15, 0.2) is 0 Å². The Hall–Kier alpha value is 1.27. The van der Waals surface area contributed by atoms with Gasteiger partial charge in [-0.1, -0.05) is 0 Å². The van der Waals surface area contributed by atoms with Crippen molar-refractivity contribution in [2.24, 2.45) is 0 Å². The third-order valence-electron chi connectivity index (χ3n) is 0.803. The quantitative estimate of drug-likeness (QED) is 0.344. The standard InChI is InChI=1S/C6H14O2.2ClH.Mg/c1-4-7-6(3)8-5-2;;;/h6H,4-5H2,1-3H3;2*1H;/q;;;+2/p-2. The predicted octanol–water partition coefficient (Wildman–Crippen LogP) is -4.97. The van der Waals surface area contributed by atoms with E-state index in [4.69, 9.17) is 9.47 Å². The molecule has 11 heavy (non-hydrogen) atoms. The Labute approximate surface area is 97.4 Å². The van der Waals surface area contributed by atoms with Gasteiger partial charge < -0.3 is 34.3 Å². The van der Waals surface area contributed by atoms with Crippen LogP contribution >= 0.6 is 0 Å². The molecule has 0 aliphatic heterocycles. The molecule has 0 aromatic rings. The molecule has 66 valence electrons.